The molecule has 4 heteroatoms. The Labute approximate surface area is 139 Å². The van der Waals surface area contributed by atoms with Gasteiger partial charge < -0.3 is 9.88 Å². The van der Waals surface area contributed by atoms with Crippen molar-refractivity contribution in [2.45, 2.75) is 30.2 Å². The third kappa shape index (κ3) is 2.63. The molecule has 1 aliphatic rings. The van der Waals surface area contributed by atoms with Crippen LogP contribution < -0.4 is 5.32 Å². The standard InChI is InChI=1S/C19H18N2OS/c1-13-12-21-16(10-15-8-5-9-17(23-13)18(15)21)19(22)20-11-14-6-3-2-4-7-14/h2-10,13H,11-12H2,1H3,(H,20,22)/t13-/m0/s1. The summed E-state index contributed by atoms with van der Waals surface area (Å²) in [6.45, 7) is 3.63. The number of nitrogens with one attached hydrogen (secondary N) is 1. The summed E-state index contributed by atoms with van der Waals surface area (Å²) in [6, 6.07) is 18.3. The van der Waals surface area contributed by atoms with Gasteiger partial charge in [0.1, 0.15) is 5.69 Å². The quantitative estimate of drug-likeness (QED) is 0.789. The van der Waals surface area contributed by atoms with Crippen LogP contribution >= 0.6 is 11.8 Å². The molecule has 0 bridgehead atoms. The van der Waals surface area contributed by atoms with Gasteiger partial charge in [-0.3, -0.25) is 4.79 Å². The van der Waals surface area contributed by atoms with Gasteiger partial charge in [0.25, 0.3) is 5.91 Å². The molecule has 1 N–H and O–H groups in total. The van der Waals surface area contributed by atoms with Crippen LogP contribution in [0.15, 0.2) is 59.5 Å². The molecule has 0 radical (unpaired) electrons. The summed E-state index contributed by atoms with van der Waals surface area (Å²) in [4.78, 5) is 13.9. The lowest BCUT2D eigenvalue weighted by Crippen LogP contribution is -2.27. The molecule has 1 atom stereocenters. The van der Waals surface area contributed by atoms with E-state index in [0.29, 0.717) is 11.8 Å². The predicted octanol–water partition coefficient (Wildman–Crippen LogP) is 4.07. The van der Waals surface area contributed by atoms with Gasteiger partial charge in [-0.05, 0) is 17.7 Å². The number of para-hydroxylation sites is 1. The molecule has 0 spiro atoms. The van der Waals surface area contributed by atoms with Gasteiger partial charge in [0.15, 0.2) is 0 Å². The number of rotatable bonds is 3. The number of hydrogen-bond donors (Lipinski definition) is 1. The van der Waals surface area contributed by atoms with Crippen molar-refractivity contribution in [3.05, 3.63) is 65.9 Å². The van der Waals surface area contributed by atoms with E-state index in [1.54, 1.807) is 0 Å². The first kappa shape index (κ1) is 14.4. The average molecular weight is 322 g/mol. The Morgan fingerprint density at radius 3 is 2.87 bits per heavy atom. The minimum atomic E-state index is -0.00453. The van der Waals surface area contributed by atoms with Gasteiger partial charge >= 0.3 is 0 Å². The summed E-state index contributed by atoms with van der Waals surface area (Å²) in [7, 11) is 0. The third-order valence-electron chi connectivity index (χ3n) is 4.18. The van der Waals surface area contributed by atoms with Crippen molar-refractivity contribution >= 4 is 28.6 Å². The summed E-state index contributed by atoms with van der Waals surface area (Å²) >= 11 is 1.89. The first-order valence-corrected chi connectivity index (χ1v) is 8.71. The van der Waals surface area contributed by atoms with Crippen molar-refractivity contribution in [2.24, 2.45) is 0 Å². The predicted molar refractivity (Wildman–Crippen MR) is 94.9 cm³/mol. The van der Waals surface area contributed by atoms with Crippen molar-refractivity contribution in [1.82, 2.24) is 9.88 Å². The minimum absolute atomic E-state index is 0.00453. The van der Waals surface area contributed by atoms with E-state index in [9.17, 15) is 4.79 Å². The Morgan fingerprint density at radius 2 is 2.04 bits per heavy atom. The van der Waals surface area contributed by atoms with Gasteiger partial charge in [-0.1, -0.05) is 49.4 Å². The van der Waals surface area contributed by atoms with Crippen LogP contribution in [0.5, 0.6) is 0 Å². The van der Waals surface area contributed by atoms with Crippen LogP contribution in [0.4, 0.5) is 0 Å². The van der Waals surface area contributed by atoms with Gasteiger partial charge in [0.05, 0.1) is 5.52 Å². The van der Waals surface area contributed by atoms with E-state index in [2.05, 4.69) is 35.0 Å². The fraction of sp³-hybridized carbons (Fsp3) is 0.211. The van der Waals surface area contributed by atoms with E-state index in [0.717, 1.165) is 23.2 Å². The maximum Gasteiger partial charge on any atom is 0.268 e. The molecule has 1 aliphatic heterocycles. The molecule has 2 aromatic carbocycles. The molecule has 23 heavy (non-hydrogen) atoms. The Morgan fingerprint density at radius 1 is 1.22 bits per heavy atom. The maximum atomic E-state index is 12.7. The lowest BCUT2D eigenvalue weighted by atomic mass is 10.2. The number of amides is 1. The first-order chi connectivity index (χ1) is 11.2. The number of benzene rings is 2. The van der Waals surface area contributed by atoms with Gasteiger partial charge in [-0.25, -0.2) is 0 Å². The molecular formula is C19H18N2OS. The van der Waals surface area contributed by atoms with Crippen molar-refractivity contribution < 1.29 is 4.79 Å². The molecule has 116 valence electrons. The Balaban J connectivity index is 1.65. The molecule has 0 saturated carbocycles. The highest BCUT2D eigenvalue weighted by molar-refractivity contribution is 8.00. The first-order valence-electron chi connectivity index (χ1n) is 7.83. The number of carbonyl (C=O) groups is 1. The lowest BCUT2D eigenvalue weighted by molar-refractivity contribution is 0.0942. The Bertz CT molecular complexity index is 870. The van der Waals surface area contributed by atoms with Crippen LogP contribution in [0.25, 0.3) is 10.9 Å². The molecule has 1 amide bonds. The highest BCUT2D eigenvalue weighted by Crippen LogP contribution is 2.38. The molecule has 3 aromatic rings. The van der Waals surface area contributed by atoms with Crippen molar-refractivity contribution in [3.63, 3.8) is 0 Å². The highest BCUT2D eigenvalue weighted by Gasteiger charge is 2.23. The minimum Gasteiger partial charge on any atom is -0.347 e. The van der Waals surface area contributed by atoms with Gasteiger partial charge in [0.2, 0.25) is 0 Å². The number of carbonyl (C=O) groups excluding carboxylic acids is 1. The molecule has 2 heterocycles. The number of hydrogen-bond acceptors (Lipinski definition) is 2. The molecule has 0 fully saturated rings. The second-order valence-corrected chi connectivity index (χ2v) is 7.41. The lowest BCUT2D eigenvalue weighted by Gasteiger charge is -2.22. The number of aromatic nitrogens is 1. The molecule has 1 aromatic heterocycles. The second-order valence-electron chi connectivity index (χ2n) is 5.93. The van der Waals surface area contributed by atoms with Gasteiger partial charge in [-0.2, -0.15) is 0 Å². The van der Waals surface area contributed by atoms with Crippen LogP contribution in [0.1, 0.15) is 23.0 Å². The van der Waals surface area contributed by atoms with Crippen molar-refractivity contribution in [2.75, 3.05) is 0 Å². The molecule has 0 unspecified atom stereocenters. The molecule has 0 saturated heterocycles. The summed E-state index contributed by atoms with van der Waals surface area (Å²) in [6.07, 6.45) is 0. The maximum absolute atomic E-state index is 12.7. The summed E-state index contributed by atoms with van der Waals surface area (Å²) in [5.74, 6) is -0.00453. The normalized spacial score (nSPS) is 16.5. The third-order valence-corrected chi connectivity index (χ3v) is 5.31. The average Bonchev–Trinajstić information content (AvgIpc) is 2.94. The van der Waals surface area contributed by atoms with E-state index in [-0.39, 0.29) is 5.91 Å². The van der Waals surface area contributed by atoms with E-state index in [4.69, 9.17) is 0 Å². The Hall–Kier alpha value is -2.20. The van der Waals surface area contributed by atoms with Crippen LogP contribution in [-0.4, -0.2) is 15.7 Å². The smallest absolute Gasteiger partial charge is 0.268 e. The largest absolute Gasteiger partial charge is 0.347 e. The van der Waals surface area contributed by atoms with Crippen molar-refractivity contribution in [3.8, 4) is 0 Å². The Kier molecular flexibility index (Phi) is 3.62. The molecule has 0 aliphatic carbocycles. The molecule has 4 rings (SSSR count). The fourth-order valence-corrected chi connectivity index (χ4v) is 4.30. The number of nitrogens with zero attached hydrogens (tertiary/aromatic N) is 1. The van der Waals surface area contributed by atoms with Crippen LogP contribution in [0.3, 0.4) is 0 Å². The summed E-state index contributed by atoms with van der Waals surface area (Å²) < 4.78 is 2.17. The van der Waals surface area contributed by atoms with Crippen LogP contribution in [-0.2, 0) is 13.1 Å². The molecular weight excluding hydrogens is 304 g/mol. The van der Waals surface area contributed by atoms with Crippen molar-refractivity contribution in [1.29, 1.82) is 0 Å². The zero-order valence-electron chi connectivity index (χ0n) is 13.0. The fourth-order valence-electron chi connectivity index (χ4n) is 3.14. The number of thioether (sulfide) groups is 1. The van der Waals surface area contributed by atoms with Gasteiger partial charge in [0, 0.05) is 28.6 Å². The van der Waals surface area contributed by atoms with E-state index in [1.165, 1.54) is 10.4 Å². The second kappa shape index (κ2) is 5.78. The van der Waals surface area contributed by atoms with E-state index < -0.39 is 0 Å². The monoisotopic (exact) mass is 322 g/mol. The SMILES string of the molecule is C[C@H]1Cn2c(C(=O)NCc3ccccc3)cc3cccc(c32)S1. The summed E-state index contributed by atoms with van der Waals surface area (Å²) in [5.41, 5.74) is 3.07. The van der Waals surface area contributed by atoms with E-state index in [1.807, 2.05) is 48.2 Å². The zero-order chi connectivity index (χ0) is 15.8. The highest BCUT2D eigenvalue weighted by atomic mass is 32.2. The van der Waals surface area contributed by atoms with Gasteiger partial charge in [-0.15, -0.1) is 11.8 Å². The van der Waals surface area contributed by atoms with Crippen LogP contribution in [0, 0.1) is 0 Å². The molecule has 3 nitrogen and oxygen atoms in total. The van der Waals surface area contributed by atoms with Crippen LogP contribution in [0.2, 0.25) is 0 Å². The summed E-state index contributed by atoms with van der Waals surface area (Å²) in [5, 5.41) is 4.66. The zero-order valence-corrected chi connectivity index (χ0v) is 13.8. The topological polar surface area (TPSA) is 34.0 Å². The van der Waals surface area contributed by atoms with E-state index >= 15 is 0 Å².